The molecular formula is C46H78N10. The Morgan fingerprint density at radius 1 is 0.161 bits per heavy atom. The summed E-state index contributed by atoms with van der Waals surface area (Å²) in [4.78, 5) is 0. The maximum absolute atomic E-state index is 4.72. The lowest BCUT2D eigenvalue weighted by molar-refractivity contribution is -0.0676. The van der Waals surface area contributed by atoms with Gasteiger partial charge in [0.25, 0.3) is 0 Å². The van der Waals surface area contributed by atoms with Crippen LogP contribution in [-0.2, 0) is 0 Å². The zero-order valence-corrected chi connectivity index (χ0v) is 34.4. The van der Waals surface area contributed by atoms with Crippen LogP contribution in [0.25, 0.3) is 0 Å². The Balaban J connectivity index is 0.794. The second-order valence-corrected chi connectivity index (χ2v) is 22.9. The molecule has 2 saturated carbocycles. The zero-order chi connectivity index (χ0) is 36.5. The van der Waals surface area contributed by atoms with Crippen molar-refractivity contribution in [3.05, 3.63) is 0 Å². The highest BCUT2D eigenvalue weighted by Crippen LogP contribution is 2.49. The Morgan fingerprint density at radius 3 is 0.536 bits per heavy atom. The number of rotatable bonds is 0. The Bertz CT molecular complexity index is 1230. The number of nitrogens with one attached hydrogen (secondary N) is 10. The molecule has 11 aliphatic heterocycles. The lowest BCUT2D eigenvalue weighted by Crippen LogP contribution is -2.85. The molecule has 0 radical (unpaired) electrons. The van der Waals surface area contributed by atoms with Crippen LogP contribution in [0, 0.1) is 23.7 Å². The molecule has 10 heteroatoms. The summed E-state index contributed by atoms with van der Waals surface area (Å²) in [7, 11) is 0. The van der Waals surface area contributed by atoms with E-state index in [4.69, 9.17) is 10.6 Å². The summed E-state index contributed by atoms with van der Waals surface area (Å²) < 4.78 is 0. The van der Waals surface area contributed by atoms with Crippen LogP contribution < -0.4 is 53.2 Å². The minimum absolute atomic E-state index is 0.587. The zero-order valence-electron chi connectivity index (χ0n) is 34.4. The van der Waals surface area contributed by atoms with Crippen LogP contribution in [0.3, 0.4) is 0 Å². The fourth-order valence-corrected chi connectivity index (χ4v) is 17.6. The van der Waals surface area contributed by atoms with Gasteiger partial charge in [-0.25, -0.2) is 0 Å². The maximum Gasteiger partial charge on any atom is 0.0271 e. The van der Waals surface area contributed by atoms with Gasteiger partial charge in [0.15, 0.2) is 0 Å². The maximum atomic E-state index is 4.72. The second kappa shape index (κ2) is 14.6. The second-order valence-electron chi connectivity index (χ2n) is 22.9. The van der Waals surface area contributed by atoms with Gasteiger partial charge in [-0.3, -0.25) is 0 Å². The van der Waals surface area contributed by atoms with Gasteiger partial charge < -0.3 is 53.2 Å². The first kappa shape index (κ1) is 36.3. The molecule has 312 valence electrons. The van der Waals surface area contributed by atoms with Crippen molar-refractivity contribution in [1.82, 2.24) is 53.2 Å². The van der Waals surface area contributed by atoms with E-state index in [1.54, 1.807) is 0 Å². The van der Waals surface area contributed by atoms with E-state index in [0.29, 0.717) is 120 Å². The average molecular weight is 771 g/mol. The van der Waals surface area contributed by atoms with E-state index >= 15 is 0 Å². The smallest absolute Gasteiger partial charge is 0.0271 e. The van der Waals surface area contributed by atoms with Crippen molar-refractivity contribution in [3.63, 3.8) is 0 Å². The molecule has 16 bridgehead atoms. The normalized spacial score (nSPS) is 60.0. The third-order valence-electron chi connectivity index (χ3n) is 19.9. The summed E-state index contributed by atoms with van der Waals surface area (Å²) in [6.45, 7) is 0. The molecule has 0 aromatic rings. The van der Waals surface area contributed by atoms with E-state index in [0.717, 1.165) is 24.2 Å². The Hall–Kier alpha value is -0.400. The average Bonchev–Trinajstić information content (AvgIpc) is 4.04. The first-order chi connectivity index (χ1) is 27.6. The monoisotopic (exact) mass is 771 g/mol. The SMILES string of the molecule is C1CC2CC3CCC4C(N3)C3NC(CCC3C3NC5C6CCC7CC8CCC(CC9CCC(CC%10CCC(C(N%10)C6N7)C5NC43)N9)N8)CC3CCC(CC1N2)N3. The molecule has 0 amide bonds. The van der Waals surface area contributed by atoms with E-state index in [1.807, 2.05) is 0 Å². The van der Waals surface area contributed by atoms with E-state index < -0.39 is 0 Å². The molecule has 2 aliphatic carbocycles. The van der Waals surface area contributed by atoms with E-state index in [1.165, 1.54) is 141 Å². The molecule has 13 rings (SSSR count). The fraction of sp³-hybridized carbons (Fsp3) is 1.00. The lowest BCUT2D eigenvalue weighted by Gasteiger charge is -2.66. The summed E-state index contributed by atoms with van der Waals surface area (Å²) in [5, 5.41) is 44.1. The van der Waals surface area contributed by atoms with Gasteiger partial charge in [0, 0.05) is 121 Å². The summed E-state index contributed by atoms with van der Waals surface area (Å²) in [6, 6.07) is 13.1. The van der Waals surface area contributed by atoms with Crippen molar-refractivity contribution in [1.29, 1.82) is 0 Å². The predicted molar refractivity (Wildman–Crippen MR) is 223 cm³/mol. The number of piperidine rings is 4. The Labute approximate surface area is 338 Å². The van der Waals surface area contributed by atoms with E-state index in [2.05, 4.69) is 42.5 Å². The van der Waals surface area contributed by atoms with Gasteiger partial charge in [-0.1, -0.05) is 0 Å². The van der Waals surface area contributed by atoms with Crippen LogP contribution in [0.15, 0.2) is 0 Å². The van der Waals surface area contributed by atoms with E-state index in [9.17, 15) is 0 Å². The largest absolute Gasteiger partial charge is 0.311 e. The summed E-state index contributed by atoms with van der Waals surface area (Å²) in [6.07, 6.45) is 30.0. The molecule has 24 unspecified atom stereocenters. The number of hydrogen-bond acceptors (Lipinski definition) is 10. The minimum atomic E-state index is 0.587. The van der Waals surface area contributed by atoms with Crippen LogP contribution in [-0.4, -0.2) is 121 Å². The van der Waals surface area contributed by atoms with Crippen molar-refractivity contribution in [2.75, 3.05) is 0 Å². The van der Waals surface area contributed by atoms with Gasteiger partial charge in [0.05, 0.1) is 0 Å². The quantitative estimate of drug-likeness (QED) is 0.180. The first-order valence-electron chi connectivity index (χ1n) is 25.2. The first-order valence-corrected chi connectivity index (χ1v) is 25.2. The van der Waals surface area contributed by atoms with Crippen molar-refractivity contribution in [2.24, 2.45) is 23.7 Å². The Kier molecular flexibility index (Phi) is 9.47. The van der Waals surface area contributed by atoms with Gasteiger partial charge >= 0.3 is 0 Å². The standard InChI is InChI=1S/C46H78N10/c1-5-27-19-31-9-13-35-39(51-31)40-36(14-10-32(52-40)20-28-6-2-24(48-28)17-23(1)47-27)44-43(35)55-45-37-15-11-33-21-29-7-3-25(49-29)18-26-4-8-30(50-26)22-34-12-16-38(46(45)56-44)42(54-34)41(37)53-33/h23-56H,1-22H2. The molecule has 10 nitrogen and oxygen atoms in total. The van der Waals surface area contributed by atoms with Crippen LogP contribution in [0.2, 0.25) is 0 Å². The van der Waals surface area contributed by atoms with E-state index in [-0.39, 0.29) is 0 Å². The molecule has 56 heavy (non-hydrogen) atoms. The number of piperazine rings is 1. The molecule has 13 aliphatic rings. The molecule has 11 saturated heterocycles. The van der Waals surface area contributed by atoms with Crippen LogP contribution in [0.5, 0.6) is 0 Å². The van der Waals surface area contributed by atoms with Crippen molar-refractivity contribution >= 4 is 0 Å². The van der Waals surface area contributed by atoms with Crippen LogP contribution in [0.1, 0.15) is 141 Å². The molecular weight excluding hydrogens is 693 g/mol. The summed E-state index contributed by atoms with van der Waals surface area (Å²) >= 11 is 0. The lowest BCUT2D eigenvalue weighted by atomic mass is 9.57. The molecule has 13 fully saturated rings. The molecule has 24 atom stereocenters. The van der Waals surface area contributed by atoms with Crippen LogP contribution >= 0.6 is 0 Å². The van der Waals surface area contributed by atoms with Gasteiger partial charge in [0.1, 0.15) is 0 Å². The fourth-order valence-electron chi connectivity index (χ4n) is 17.6. The molecule has 10 N–H and O–H groups in total. The van der Waals surface area contributed by atoms with Gasteiger partial charge in [0.2, 0.25) is 0 Å². The molecule has 0 aromatic carbocycles. The highest BCUT2D eigenvalue weighted by Gasteiger charge is 2.62. The molecule has 0 aromatic heterocycles. The van der Waals surface area contributed by atoms with Gasteiger partial charge in [-0.15, -0.1) is 0 Å². The van der Waals surface area contributed by atoms with Gasteiger partial charge in [-0.2, -0.15) is 0 Å². The minimum Gasteiger partial charge on any atom is -0.311 e. The van der Waals surface area contributed by atoms with Crippen molar-refractivity contribution in [2.45, 2.75) is 262 Å². The predicted octanol–water partition coefficient (Wildman–Crippen LogP) is 2.48. The summed E-state index contributed by atoms with van der Waals surface area (Å²) in [5.74, 6) is 2.83. The third-order valence-corrected chi connectivity index (χ3v) is 19.9. The number of hydrogen-bond donors (Lipinski definition) is 10. The van der Waals surface area contributed by atoms with Gasteiger partial charge in [-0.05, 0) is 165 Å². The van der Waals surface area contributed by atoms with Crippen molar-refractivity contribution < 1.29 is 0 Å². The highest BCUT2D eigenvalue weighted by atomic mass is 15.3. The van der Waals surface area contributed by atoms with Crippen LogP contribution in [0.4, 0.5) is 0 Å². The Morgan fingerprint density at radius 2 is 0.321 bits per heavy atom. The molecule has 0 spiro atoms. The topological polar surface area (TPSA) is 120 Å². The van der Waals surface area contributed by atoms with Crippen molar-refractivity contribution in [3.8, 4) is 0 Å². The molecule has 11 heterocycles. The third kappa shape index (κ3) is 6.45. The summed E-state index contributed by atoms with van der Waals surface area (Å²) in [5.41, 5.74) is 0. The number of fused-ring (bicyclic) bond motifs is 18. The highest BCUT2D eigenvalue weighted by molar-refractivity contribution is 5.22.